The van der Waals surface area contributed by atoms with Gasteiger partial charge < -0.3 is 15.8 Å². The van der Waals surface area contributed by atoms with Crippen molar-refractivity contribution >= 4 is 11.6 Å². The first-order valence-corrected chi connectivity index (χ1v) is 7.92. The van der Waals surface area contributed by atoms with E-state index in [0.29, 0.717) is 37.4 Å². The number of amides is 1. The quantitative estimate of drug-likeness (QED) is 0.772. The van der Waals surface area contributed by atoms with Gasteiger partial charge in [0.15, 0.2) is 0 Å². The van der Waals surface area contributed by atoms with Gasteiger partial charge in [-0.25, -0.2) is 0 Å². The van der Waals surface area contributed by atoms with E-state index in [4.69, 9.17) is 10.5 Å². The van der Waals surface area contributed by atoms with Crippen LogP contribution in [0.3, 0.4) is 0 Å². The highest BCUT2D eigenvalue weighted by Crippen LogP contribution is 2.24. The van der Waals surface area contributed by atoms with Crippen LogP contribution in [0.1, 0.15) is 30.0 Å². The maximum atomic E-state index is 11.5. The summed E-state index contributed by atoms with van der Waals surface area (Å²) in [4.78, 5) is 11.5. The Balaban J connectivity index is 1.92. The predicted octanol–water partition coefficient (Wildman–Crippen LogP) is 3.22. The van der Waals surface area contributed by atoms with Gasteiger partial charge in [0.05, 0.1) is 5.69 Å². The lowest BCUT2D eigenvalue weighted by Gasteiger charge is -2.11. The number of rotatable bonds is 7. The molecule has 0 atom stereocenters. The summed E-state index contributed by atoms with van der Waals surface area (Å²) in [7, 11) is 0. The molecule has 1 amide bonds. The van der Waals surface area contributed by atoms with Crippen LogP contribution < -0.4 is 15.8 Å². The number of hydrogen-bond donors (Lipinski definition) is 2. The molecule has 3 N–H and O–H groups in total. The first kappa shape index (κ1) is 16.9. The number of carbonyl (C=O) groups excluding carboxylic acids is 1. The molecule has 2 aromatic rings. The molecule has 0 heterocycles. The van der Waals surface area contributed by atoms with Crippen molar-refractivity contribution < 1.29 is 9.53 Å². The van der Waals surface area contributed by atoms with Crippen LogP contribution in [-0.4, -0.2) is 12.5 Å². The Morgan fingerprint density at radius 2 is 2.00 bits per heavy atom. The summed E-state index contributed by atoms with van der Waals surface area (Å²) in [5.41, 5.74) is 10.0. The maximum absolute atomic E-state index is 11.5. The van der Waals surface area contributed by atoms with E-state index in [2.05, 4.69) is 24.4 Å². The van der Waals surface area contributed by atoms with Gasteiger partial charge in [0.25, 0.3) is 0 Å². The van der Waals surface area contributed by atoms with E-state index in [1.807, 2.05) is 37.3 Å². The van der Waals surface area contributed by atoms with E-state index < -0.39 is 0 Å². The van der Waals surface area contributed by atoms with Gasteiger partial charge in [-0.3, -0.25) is 4.79 Å². The van der Waals surface area contributed by atoms with Gasteiger partial charge in [0, 0.05) is 13.0 Å². The van der Waals surface area contributed by atoms with Crippen LogP contribution in [0.25, 0.3) is 0 Å². The highest BCUT2D eigenvalue weighted by Gasteiger charge is 2.05. The van der Waals surface area contributed by atoms with Gasteiger partial charge in [-0.1, -0.05) is 35.9 Å². The number of aryl methyl sites for hydroxylation is 2. The molecule has 0 aromatic heterocycles. The Kier molecular flexibility index (Phi) is 6.03. The fraction of sp³-hybridized carbons (Fsp3) is 0.316. The van der Waals surface area contributed by atoms with Crippen molar-refractivity contribution in [3.05, 3.63) is 59.2 Å². The number of ether oxygens (including phenoxy) is 1. The molecule has 2 rings (SSSR count). The standard InChI is InChI=1S/C19H24N2O2/c1-3-21-19(22)10-8-15-7-9-18(17(20)12-15)23-13-16-6-4-5-14(2)11-16/h4-7,9,11-12H,3,8,10,13,20H2,1-2H3,(H,21,22). The minimum atomic E-state index is 0.0610. The summed E-state index contributed by atoms with van der Waals surface area (Å²) in [6.45, 7) is 5.12. The molecular formula is C19H24N2O2. The zero-order valence-corrected chi connectivity index (χ0v) is 13.8. The monoisotopic (exact) mass is 312 g/mol. The molecule has 0 spiro atoms. The van der Waals surface area contributed by atoms with Crippen molar-refractivity contribution in [1.82, 2.24) is 5.32 Å². The first-order chi connectivity index (χ1) is 11.1. The second kappa shape index (κ2) is 8.22. The number of hydrogen-bond acceptors (Lipinski definition) is 3. The Labute approximate surface area is 137 Å². The van der Waals surface area contributed by atoms with Gasteiger partial charge in [0.2, 0.25) is 5.91 Å². The third kappa shape index (κ3) is 5.33. The summed E-state index contributed by atoms with van der Waals surface area (Å²) in [6.07, 6.45) is 1.14. The lowest BCUT2D eigenvalue weighted by Crippen LogP contribution is -2.22. The van der Waals surface area contributed by atoms with Crippen LogP contribution in [0.15, 0.2) is 42.5 Å². The zero-order valence-electron chi connectivity index (χ0n) is 13.8. The topological polar surface area (TPSA) is 64.3 Å². The van der Waals surface area contributed by atoms with Crippen molar-refractivity contribution in [3.8, 4) is 5.75 Å². The average molecular weight is 312 g/mol. The molecule has 0 aliphatic heterocycles. The largest absolute Gasteiger partial charge is 0.487 e. The van der Waals surface area contributed by atoms with Crippen LogP contribution in [0, 0.1) is 6.92 Å². The first-order valence-electron chi connectivity index (χ1n) is 7.92. The van der Waals surface area contributed by atoms with Crippen LogP contribution in [0.4, 0.5) is 5.69 Å². The van der Waals surface area contributed by atoms with E-state index in [-0.39, 0.29) is 5.91 Å². The van der Waals surface area contributed by atoms with E-state index in [1.165, 1.54) is 5.56 Å². The molecule has 4 nitrogen and oxygen atoms in total. The molecule has 0 unspecified atom stereocenters. The summed E-state index contributed by atoms with van der Waals surface area (Å²) in [5, 5.41) is 2.79. The lowest BCUT2D eigenvalue weighted by molar-refractivity contribution is -0.120. The van der Waals surface area contributed by atoms with Gasteiger partial charge in [-0.05, 0) is 43.5 Å². The third-order valence-corrected chi connectivity index (χ3v) is 3.57. The molecule has 4 heteroatoms. The van der Waals surface area contributed by atoms with Crippen molar-refractivity contribution in [2.24, 2.45) is 0 Å². The molecule has 0 radical (unpaired) electrons. The molecule has 0 saturated carbocycles. The Morgan fingerprint density at radius 3 is 2.70 bits per heavy atom. The third-order valence-electron chi connectivity index (χ3n) is 3.57. The molecule has 23 heavy (non-hydrogen) atoms. The van der Waals surface area contributed by atoms with Gasteiger partial charge >= 0.3 is 0 Å². The molecule has 122 valence electrons. The van der Waals surface area contributed by atoms with E-state index >= 15 is 0 Å². The van der Waals surface area contributed by atoms with Crippen molar-refractivity contribution in [1.29, 1.82) is 0 Å². The number of nitrogen functional groups attached to an aromatic ring is 1. The normalized spacial score (nSPS) is 10.3. The van der Waals surface area contributed by atoms with Crippen LogP contribution in [-0.2, 0) is 17.8 Å². The smallest absolute Gasteiger partial charge is 0.220 e. The van der Waals surface area contributed by atoms with Crippen molar-refractivity contribution in [2.45, 2.75) is 33.3 Å². The summed E-state index contributed by atoms with van der Waals surface area (Å²) >= 11 is 0. The molecule has 0 aliphatic carbocycles. The summed E-state index contributed by atoms with van der Waals surface area (Å²) in [6, 6.07) is 13.9. The number of carbonyl (C=O) groups is 1. The second-order valence-corrected chi connectivity index (χ2v) is 5.60. The van der Waals surface area contributed by atoms with Crippen molar-refractivity contribution in [2.75, 3.05) is 12.3 Å². The minimum Gasteiger partial charge on any atom is -0.487 e. The molecular weight excluding hydrogens is 288 g/mol. The lowest BCUT2D eigenvalue weighted by atomic mass is 10.1. The highest BCUT2D eigenvalue weighted by molar-refractivity contribution is 5.76. The predicted molar refractivity (Wildman–Crippen MR) is 93.4 cm³/mol. The van der Waals surface area contributed by atoms with Crippen LogP contribution >= 0.6 is 0 Å². The van der Waals surface area contributed by atoms with E-state index in [0.717, 1.165) is 11.1 Å². The zero-order chi connectivity index (χ0) is 16.7. The van der Waals surface area contributed by atoms with Crippen LogP contribution in [0.5, 0.6) is 5.75 Å². The molecule has 0 bridgehead atoms. The fourth-order valence-corrected chi connectivity index (χ4v) is 2.39. The number of nitrogens with two attached hydrogens (primary N) is 1. The number of benzene rings is 2. The van der Waals surface area contributed by atoms with E-state index in [9.17, 15) is 4.79 Å². The van der Waals surface area contributed by atoms with Crippen molar-refractivity contribution in [3.63, 3.8) is 0 Å². The molecule has 0 aliphatic rings. The molecule has 0 fully saturated rings. The Bertz CT molecular complexity index is 668. The minimum absolute atomic E-state index is 0.0610. The summed E-state index contributed by atoms with van der Waals surface area (Å²) in [5.74, 6) is 0.735. The van der Waals surface area contributed by atoms with Crippen LogP contribution in [0.2, 0.25) is 0 Å². The van der Waals surface area contributed by atoms with Gasteiger partial charge in [0.1, 0.15) is 12.4 Å². The molecule has 2 aromatic carbocycles. The average Bonchev–Trinajstić information content (AvgIpc) is 2.52. The second-order valence-electron chi connectivity index (χ2n) is 5.60. The number of anilines is 1. The summed E-state index contributed by atoms with van der Waals surface area (Å²) < 4.78 is 5.79. The maximum Gasteiger partial charge on any atom is 0.220 e. The fourth-order valence-electron chi connectivity index (χ4n) is 2.39. The molecule has 0 saturated heterocycles. The van der Waals surface area contributed by atoms with Gasteiger partial charge in [-0.2, -0.15) is 0 Å². The SMILES string of the molecule is CCNC(=O)CCc1ccc(OCc2cccc(C)c2)c(N)c1. The Morgan fingerprint density at radius 1 is 1.17 bits per heavy atom. The highest BCUT2D eigenvalue weighted by atomic mass is 16.5. The van der Waals surface area contributed by atoms with Gasteiger partial charge in [-0.15, -0.1) is 0 Å². The number of nitrogens with one attached hydrogen (secondary N) is 1. The Hall–Kier alpha value is -2.49. The van der Waals surface area contributed by atoms with E-state index in [1.54, 1.807) is 0 Å².